The molecule has 30 heavy (non-hydrogen) atoms. The summed E-state index contributed by atoms with van der Waals surface area (Å²) in [6, 6.07) is 17.6. The van der Waals surface area contributed by atoms with Crippen molar-refractivity contribution >= 4 is 17.7 Å². The van der Waals surface area contributed by atoms with Crippen LogP contribution < -0.4 is 20.7 Å². The molecule has 1 aliphatic rings. The minimum Gasteiger partial charge on any atom is -0.492 e. The molecular formula is C23H31N5O2. The van der Waals surface area contributed by atoms with Gasteiger partial charge in [0.25, 0.3) is 0 Å². The Balaban J connectivity index is 1.49. The molecule has 7 heteroatoms. The van der Waals surface area contributed by atoms with Gasteiger partial charge in [-0.05, 0) is 49.6 Å². The highest BCUT2D eigenvalue weighted by atomic mass is 16.5. The monoisotopic (exact) mass is 409 g/mol. The standard InChI is InChI=1S/C23H31N5O2/c1-2-24-22(25-13-16-30-21-11-4-3-5-12-21)26-18-19-9-8-10-20(17-19)27-23(29)28-14-6-7-15-28/h3-5,8-12,17H,2,6-7,13-16,18H2,1H3,(H,27,29)(H2,24,25,26). The zero-order valence-electron chi connectivity index (χ0n) is 17.6. The Morgan fingerprint density at radius 2 is 1.87 bits per heavy atom. The van der Waals surface area contributed by atoms with Crippen molar-refractivity contribution < 1.29 is 9.53 Å². The van der Waals surface area contributed by atoms with Gasteiger partial charge in [-0.15, -0.1) is 0 Å². The molecule has 0 bridgehead atoms. The largest absolute Gasteiger partial charge is 0.492 e. The number of carbonyl (C=O) groups excluding carboxylic acids is 1. The van der Waals surface area contributed by atoms with Crippen LogP contribution in [0.4, 0.5) is 10.5 Å². The Morgan fingerprint density at radius 3 is 2.63 bits per heavy atom. The van der Waals surface area contributed by atoms with Crippen molar-refractivity contribution in [3.63, 3.8) is 0 Å². The Hall–Kier alpha value is -3.22. The van der Waals surface area contributed by atoms with Crippen molar-refractivity contribution in [3.8, 4) is 5.75 Å². The van der Waals surface area contributed by atoms with Crippen molar-refractivity contribution in [2.45, 2.75) is 26.3 Å². The van der Waals surface area contributed by atoms with E-state index in [2.05, 4.69) is 20.9 Å². The van der Waals surface area contributed by atoms with Crippen LogP contribution in [0, 0.1) is 0 Å². The van der Waals surface area contributed by atoms with Crippen molar-refractivity contribution in [2.75, 3.05) is 38.1 Å². The number of likely N-dealkylation sites (tertiary alicyclic amines) is 1. The van der Waals surface area contributed by atoms with E-state index in [1.165, 1.54) is 0 Å². The number of hydrogen-bond donors (Lipinski definition) is 3. The predicted octanol–water partition coefficient (Wildman–Crippen LogP) is 3.45. The maximum Gasteiger partial charge on any atom is 0.321 e. The van der Waals surface area contributed by atoms with E-state index in [9.17, 15) is 4.79 Å². The molecule has 0 aliphatic carbocycles. The molecule has 0 saturated carbocycles. The summed E-state index contributed by atoms with van der Waals surface area (Å²) in [5.74, 6) is 1.59. The van der Waals surface area contributed by atoms with Gasteiger partial charge in [0.05, 0.1) is 13.1 Å². The fourth-order valence-corrected chi connectivity index (χ4v) is 3.24. The van der Waals surface area contributed by atoms with Crippen LogP contribution in [0.1, 0.15) is 25.3 Å². The molecule has 0 aromatic heterocycles. The molecule has 160 valence electrons. The third kappa shape index (κ3) is 6.99. The maximum absolute atomic E-state index is 12.3. The first-order chi connectivity index (χ1) is 14.7. The zero-order chi connectivity index (χ0) is 21.0. The molecule has 2 aromatic carbocycles. The fraction of sp³-hybridized carbons (Fsp3) is 0.391. The second-order valence-electron chi connectivity index (χ2n) is 7.11. The van der Waals surface area contributed by atoms with Crippen LogP contribution in [-0.2, 0) is 6.54 Å². The van der Waals surface area contributed by atoms with E-state index in [4.69, 9.17) is 4.74 Å². The van der Waals surface area contributed by atoms with Crippen LogP contribution in [0.5, 0.6) is 5.75 Å². The van der Waals surface area contributed by atoms with Gasteiger partial charge in [-0.2, -0.15) is 0 Å². The number of amides is 2. The number of urea groups is 1. The number of rotatable bonds is 8. The molecule has 0 radical (unpaired) electrons. The lowest BCUT2D eigenvalue weighted by atomic mass is 10.2. The quantitative estimate of drug-likeness (QED) is 0.355. The normalized spacial score (nSPS) is 13.8. The van der Waals surface area contributed by atoms with E-state index in [1.54, 1.807) is 0 Å². The summed E-state index contributed by atoms with van der Waals surface area (Å²) in [4.78, 5) is 18.8. The van der Waals surface area contributed by atoms with Crippen LogP contribution >= 0.6 is 0 Å². The lowest BCUT2D eigenvalue weighted by Gasteiger charge is -2.16. The van der Waals surface area contributed by atoms with Gasteiger partial charge < -0.3 is 25.6 Å². The van der Waals surface area contributed by atoms with Gasteiger partial charge in [0, 0.05) is 25.3 Å². The minimum atomic E-state index is -0.0263. The Morgan fingerprint density at radius 1 is 1.07 bits per heavy atom. The van der Waals surface area contributed by atoms with Crippen molar-refractivity contribution in [3.05, 3.63) is 60.2 Å². The molecule has 1 heterocycles. The average molecular weight is 410 g/mol. The van der Waals surface area contributed by atoms with E-state index >= 15 is 0 Å². The molecule has 0 unspecified atom stereocenters. The molecule has 0 spiro atoms. The third-order valence-corrected chi connectivity index (χ3v) is 4.74. The van der Waals surface area contributed by atoms with E-state index in [-0.39, 0.29) is 6.03 Å². The first kappa shape index (κ1) is 21.5. The summed E-state index contributed by atoms with van der Waals surface area (Å²) >= 11 is 0. The number of ether oxygens (including phenoxy) is 1. The molecule has 2 aromatic rings. The highest BCUT2D eigenvalue weighted by molar-refractivity contribution is 5.89. The molecule has 1 saturated heterocycles. The lowest BCUT2D eigenvalue weighted by Crippen LogP contribution is -2.39. The summed E-state index contributed by atoms with van der Waals surface area (Å²) < 4.78 is 5.70. The van der Waals surface area contributed by atoms with E-state index in [0.717, 1.165) is 55.4 Å². The van der Waals surface area contributed by atoms with Gasteiger partial charge in [-0.3, -0.25) is 0 Å². The summed E-state index contributed by atoms with van der Waals surface area (Å²) in [7, 11) is 0. The topological polar surface area (TPSA) is 78.0 Å². The molecule has 0 atom stereocenters. The SMILES string of the molecule is CCNC(=NCc1cccc(NC(=O)N2CCCC2)c1)NCCOc1ccccc1. The number of guanidine groups is 1. The Labute approximate surface area is 178 Å². The zero-order valence-corrected chi connectivity index (χ0v) is 17.6. The van der Waals surface area contributed by atoms with Gasteiger partial charge in [0.2, 0.25) is 0 Å². The highest BCUT2D eigenvalue weighted by Crippen LogP contribution is 2.14. The predicted molar refractivity (Wildman–Crippen MR) is 121 cm³/mol. The molecular weight excluding hydrogens is 378 g/mol. The highest BCUT2D eigenvalue weighted by Gasteiger charge is 2.17. The summed E-state index contributed by atoms with van der Waals surface area (Å²) in [6.45, 7) is 6.19. The summed E-state index contributed by atoms with van der Waals surface area (Å²) in [5.41, 5.74) is 1.83. The van der Waals surface area contributed by atoms with E-state index in [0.29, 0.717) is 19.7 Å². The average Bonchev–Trinajstić information content (AvgIpc) is 3.31. The lowest BCUT2D eigenvalue weighted by molar-refractivity contribution is 0.222. The second-order valence-corrected chi connectivity index (χ2v) is 7.11. The molecule has 3 rings (SSSR count). The molecule has 2 amide bonds. The third-order valence-electron chi connectivity index (χ3n) is 4.74. The minimum absolute atomic E-state index is 0.0263. The molecule has 7 nitrogen and oxygen atoms in total. The van der Waals surface area contributed by atoms with Crippen LogP contribution in [0.2, 0.25) is 0 Å². The molecule has 3 N–H and O–H groups in total. The number of anilines is 1. The molecule has 1 fully saturated rings. The Bertz CT molecular complexity index is 819. The van der Waals surface area contributed by atoms with Crippen LogP contribution in [0.3, 0.4) is 0 Å². The summed E-state index contributed by atoms with van der Waals surface area (Å²) in [6.07, 6.45) is 2.16. The van der Waals surface area contributed by atoms with Gasteiger partial charge >= 0.3 is 6.03 Å². The number of hydrogen-bond acceptors (Lipinski definition) is 3. The van der Waals surface area contributed by atoms with Crippen molar-refractivity contribution in [1.29, 1.82) is 0 Å². The first-order valence-corrected chi connectivity index (χ1v) is 10.6. The number of carbonyl (C=O) groups is 1. The summed E-state index contributed by atoms with van der Waals surface area (Å²) in [5, 5.41) is 9.51. The van der Waals surface area contributed by atoms with Crippen LogP contribution in [-0.4, -0.2) is 49.7 Å². The number of para-hydroxylation sites is 1. The van der Waals surface area contributed by atoms with Crippen LogP contribution in [0.15, 0.2) is 59.6 Å². The maximum atomic E-state index is 12.3. The van der Waals surface area contributed by atoms with Gasteiger partial charge in [-0.1, -0.05) is 30.3 Å². The van der Waals surface area contributed by atoms with Crippen molar-refractivity contribution in [1.82, 2.24) is 15.5 Å². The first-order valence-electron chi connectivity index (χ1n) is 10.6. The number of aliphatic imine (C=N–C) groups is 1. The van der Waals surface area contributed by atoms with Gasteiger partial charge in [-0.25, -0.2) is 9.79 Å². The number of nitrogens with one attached hydrogen (secondary N) is 3. The Kier molecular flexibility index (Phi) is 8.38. The number of benzene rings is 2. The van der Waals surface area contributed by atoms with E-state index < -0.39 is 0 Å². The molecule has 1 aliphatic heterocycles. The smallest absolute Gasteiger partial charge is 0.321 e. The fourth-order valence-electron chi connectivity index (χ4n) is 3.24. The van der Waals surface area contributed by atoms with Gasteiger partial charge in [0.15, 0.2) is 5.96 Å². The van der Waals surface area contributed by atoms with Crippen molar-refractivity contribution in [2.24, 2.45) is 4.99 Å². The number of nitrogens with zero attached hydrogens (tertiary/aromatic N) is 2. The van der Waals surface area contributed by atoms with Crippen LogP contribution in [0.25, 0.3) is 0 Å². The second kappa shape index (κ2) is 11.7. The van der Waals surface area contributed by atoms with Gasteiger partial charge in [0.1, 0.15) is 12.4 Å². The van der Waals surface area contributed by atoms with E-state index in [1.807, 2.05) is 66.4 Å².